The van der Waals surface area contributed by atoms with Crippen LogP contribution in [-0.4, -0.2) is 54.0 Å². The Kier molecular flexibility index (Phi) is 5.34. The Morgan fingerprint density at radius 2 is 1.56 bits per heavy atom. The summed E-state index contributed by atoms with van der Waals surface area (Å²) in [6.07, 6.45) is 0. The zero-order chi connectivity index (χ0) is 19.6. The molecule has 0 saturated carbocycles. The van der Waals surface area contributed by atoms with Crippen molar-refractivity contribution < 1.29 is 0 Å². The molecular formula is C19H28N8. The van der Waals surface area contributed by atoms with Gasteiger partial charge in [-0.2, -0.15) is 9.61 Å². The number of hydrogen-bond acceptors (Lipinski definition) is 7. The summed E-state index contributed by atoms with van der Waals surface area (Å²) in [6.45, 7) is 8.08. The zero-order valence-electron chi connectivity index (χ0n) is 16.9. The number of aromatic nitrogens is 4. The van der Waals surface area contributed by atoms with Crippen molar-refractivity contribution in [2.24, 2.45) is 0 Å². The highest BCUT2D eigenvalue weighted by Gasteiger charge is 2.21. The zero-order valence-corrected chi connectivity index (χ0v) is 16.9. The van der Waals surface area contributed by atoms with Gasteiger partial charge in [-0.05, 0) is 39.0 Å². The molecular weight excluding hydrogens is 340 g/mol. The Morgan fingerprint density at radius 1 is 0.926 bits per heavy atom. The quantitative estimate of drug-likeness (QED) is 0.591. The minimum Gasteiger partial charge on any atom is -0.388 e. The van der Waals surface area contributed by atoms with Crippen LogP contribution >= 0.6 is 0 Å². The van der Waals surface area contributed by atoms with Crippen LogP contribution in [0, 0.1) is 6.92 Å². The van der Waals surface area contributed by atoms with Gasteiger partial charge in [0.1, 0.15) is 0 Å². The predicted octanol–water partition coefficient (Wildman–Crippen LogP) is 3.07. The molecule has 0 atom stereocenters. The van der Waals surface area contributed by atoms with E-state index in [0.717, 1.165) is 52.7 Å². The third-order valence-corrected chi connectivity index (χ3v) is 4.77. The molecule has 3 aromatic rings. The number of anilines is 4. The number of fused-ring (bicyclic) bond motifs is 1. The first-order valence-corrected chi connectivity index (χ1v) is 9.27. The van der Waals surface area contributed by atoms with E-state index in [1.165, 1.54) is 0 Å². The van der Waals surface area contributed by atoms with Crippen LogP contribution in [0.25, 0.3) is 17.0 Å². The van der Waals surface area contributed by atoms with E-state index in [-0.39, 0.29) is 0 Å². The van der Waals surface area contributed by atoms with Gasteiger partial charge in [0.2, 0.25) is 5.65 Å². The smallest absolute Gasteiger partial charge is 0.201 e. The highest BCUT2D eigenvalue weighted by Crippen LogP contribution is 2.37. The van der Waals surface area contributed by atoms with E-state index in [9.17, 15) is 0 Å². The molecule has 0 fully saturated rings. The van der Waals surface area contributed by atoms with E-state index >= 15 is 0 Å². The molecule has 27 heavy (non-hydrogen) atoms. The van der Waals surface area contributed by atoms with Gasteiger partial charge in [-0.25, -0.2) is 0 Å². The number of hydrogen-bond donors (Lipinski definition) is 3. The van der Waals surface area contributed by atoms with Crippen molar-refractivity contribution in [2.75, 3.05) is 55.1 Å². The molecule has 3 N–H and O–H groups in total. The first-order chi connectivity index (χ1) is 13.1. The summed E-state index contributed by atoms with van der Waals surface area (Å²) in [7, 11) is 5.71. The summed E-state index contributed by atoms with van der Waals surface area (Å²) in [5.74, 6) is 0.707. The second kappa shape index (κ2) is 7.69. The maximum atomic E-state index is 4.71. The maximum absolute atomic E-state index is 4.71. The molecule has 0 bridgehead atoms. The van der Waals surface area contributed by atoms with Crippen molar-refractivity contribution in [1.29, 1.82) is 0 Å². The minimum absolute atomic E-state index is 0.707. The van der Waals surface area contributed by atoms with Gasteiger partial charge >= 0.3 is 0 Å². The fraction of sp³-hybridized carbons (Fsp3) is 0.421. The van der Waals surface area contributed by atoms with Gasteiger partial charge in [-0.15, -0.1) is 10.2 Å². The lowest BCUT2D eigenvalue weighted by Gasteiger charge is -2.21. The van der Waals surface area contributed by atoms with Gasteiger partial charge in [0, 0.05) is 51.3 Å². The van der Waals surface area contributed by atoms with Crippen molar-refractivity contribution in [1.82, 2.24) is 19.8 Å². The lowest BCUT2D eigenvalue weighted by atomic mass is 10.1. The van der Waals surface area contributed by atoms with Crippen LogP contribution in [0.15, 0.2) is 18.2 Å². The summed E-state index contributed by atoms with van der Waals surface area (Å²) in [5.41, 5.74) is 6.59. The molecule has 8 heteroatoms. The van der Waals surface area contributed by atoms with E-state index in [2.05, 4.69) is 63.1 Å². The molecule has 0 saturated heterocycles. The van der Waals surface area contributed by atoms with Crippen LogP contribution < -0.4 is 20.9 Å². The third kappa shape index (κ3) is 3.22. The molecule has 0 amide bonds. The molecule has 8 nitrogen and oxygen atoms in total. The van der Waals surface area contributed by atoms with Crippen LogP contribution in [0.5, 0.6) is 0 Å². The van der Waals surface area contributed by atoms with Gasteiger partial charge in [-0.1, -0.05) is 0 Å². The fourth-order valence-electron chi connectivity index (χ4n) is 3.36. The van der Waals surface area contributed by atoms with Crippen LogP contribution in [0.1, 0.15) is 19.5 Å². The van der Waals surface area contributed by atoms with Gasteiger partial charge < -0.3 is 20.9 Å². The van der Waals surface area contributed by atoms with Crippen molar-refractivity contribution in [3.8, 4) is 11.4 Å². The Morgan fingerprint density at radius 3 is 2.07 bits per heavy atom. The lowest BCUT2D eigenvalue weighted by Crippen LogP contribution is -2.23. The van der Waals surface area contributed by atoms with Crippen LogP contribution in [-0.2, 0) is 0 Å². The summed E-state index contributed by atoms with van der Waals surface area (Å²) in [4.78, 5) is 2.27. The second-order valence-corrected chi connectivity index (χ2v) is 6.30. The molecule has 0 aliphatic carbocycles. The summed E-state index contributed by atoms with van der Waals surface area (Å²) < 4.78 is 1.85. The van der Waals surface area contributed by atoms with Gasteiger partial charge in [0.25, 0.3) is 0 Å². The van der Waals surface area contributed by atoms with Crippen molar-refractivity contribution >= 4 is 28.4 Å². The van der Waals surface area contributed by atoms with E-state index in [4.69, 9.17) is 5.10 Å². The van der Waals surface area contributed by atoms with Crippen LogP contribution in [0.3, 0.4) is 0 Å². The maximum Gasteiger partial charge on any atom is 0.201 e. The number of rotatable bonds is 7. The first-order valence-electron chi connectivity index (χ1n) is 9.27. The predicted molar refractivity (Wildman–Crippen MR) is 113 cm³/mol. The monoisotopic (exact) mass is 368 g/mol. The van der Waals surface area contributed by atoms with Gasteiger partial charge in [0.05, 0.1) is 16.9 Å². The Balaban J connectivity index is 2.31. The highest BCUT2D eigenvalue weighted by atomic mass is 15.4. The molecule has 0 unspecified atom stereocenters. The number of nitrogens with zero attached hydrogens (tertiary/aromatic N) is 5. The highest BCUT2D eigenvalue weighted by molar-refractivity contribution is 5.90. The molecule has 3 rings (SSSR count). The molecule has 0 aliphatic rings. The molecule has 0 aliphatic heterocycles. The lowest BCUT2D eigenvalue weighted by molar-refractivity contribution is 0.841. The first kappa shape index (κ1) is 18.8. The van der Waals surface area contributed by atoms with E-state index < -0.39 is 0 Å². The number of aryl methyl sites for hydroxylation is 1. The minimum atomic E-state index is 0.707. The van der Waals surface area contributed by atoms with E-state index in [1.54, 1.807) is 0 Å². The summed E-state index contributed by atoms with van der Waals surface area (Å²) >= 11 is 0. The largest absolute Gasteiger partial charge is 0.388 e. The number of nitrogens with one attached hydrogen (secondary N) is 3. The number of benzene rings is 1. The molecule has 2 aromatic heterocycles. The molecule has 1 aromatic carbocycles. The average molecular weight is 368 g/mol. The van der Waals surface area contributed by atoms with E-state index in [1.807, 2.05) is 32.6 Å². The molecule has 144 valence electrons. The second-order valence-electron chi connectivity index (χ2n) is 6.30. The van der Waals surface area contributed by atoms with Crippen molar-refractivity contribution in [2.45, 2.75) is 20.8 Å². The normalized spacial score (nSPS) is 10.9. The third-order valence-electron chi connectivity index (χ3n) is 4.77. The van der Waals surface area contributed by atoms with Crippen LogP contribution in [0.2, 0.25) is 0 Å². The summed E-state index contributed by atoms with van der Waals surface area (Å²) in [6, 6.07) is 6.18. The Labute approximate surface area is 160 Å². The standard InChI is InChI=1S/C19H28N8/c1-7-26(8-2)16-9-12(3)25-27-18(16)23-24-19(27)17-14(21-5)10-13(20-4)11-15(17)22-6/h9-11,20-22H,7-8H2,1-6H3. The van der Waals surface area contributed by atoms with Crippen molar-refractivity contribution in [3.05, 3.63) is 23.9 Å². The Hall–Kier alpha value is -3.03. The van der Waals surface area contributed by atoms with E-state index in [0.29, 0.717) is 5.82 Å². The molecule has 0 radical (unpaired) electrons. The molecule has 0 spiro atoms. The average Bonchev–Trinajstić information content (AvgIpc) is 3.10. The van der Waals surface area contributed by atoms with Gasteiger partial charge in [-0.3, -0.25) is 0 Å². The van der Waals surface area contributed by atoms with Crippen LogP contribution in [0.4, 0.5) is 22.7 Å². The van der Waals surface area contributed by atoms with Gasteiger partial charge in [0.15, 0.2) is 5.82 Å². The Bertz CT molecular complexity index is 917. The molecule has 2 heterocycles. The SMILES string of the molecule is CCN(CC)c1cc(C)nn2c(-c3c(NC)cc(NC)cc3NC)nnc12. The summed E-state index contributed by atoms with van der Waals surface area (Å²) in [5, 5.41) is 23.4. The topological polar surface area (TPSA) is 82.4 Å². The van der Waals surface area contributed by atoms with Crippen molar-refractivity contribution in [3.63, 3.8) is 0 Å². The fourth-order valence-corrected chi connectivity index (χ4v) is 3.36.